The van der Waals surface area contributed by atoms with E-state index < -0.39 is 24.7 Å². The lowest BCUT2D eigenvalue weighted by atomic mass is 10.1. The van der Waals surface area contributed by atoms with E-state index in [-0.39, 0.29) is 6.08 Å². The van der Waals surface area contributed by atoms with Crippen LogP contribution in [0.4, 0.5) is 13.2 Å². The van der Waals surface area contributed by atoms with Gasteiger partial charge in [0.2, 0.25) is 5.91 Å². The first kappa shape index (κ1) is 14.2. The molecule has 1 aromatic rings. The van der Waals surface area contributed by atoms with Crippen molar-refractivity contribution in [3.8, 4) is 0 Å². The Morgan fingerprint density at radius 2 is 1.94 bits per heavy atom. The fourth-order valence-corrected chi connectivity index (χ4v) is 1.31. The molecule has 0 aromatic heterocycles. The monoisotopic (exact) mass is 259 g/mol. The molecule has 0 aliphatic rings. The van der Waals surface area contributed by atoms with Crippen LogP contribution in [0.3, 0.4) is 0 Å². The number of hydrogen-bond donors (Lipinski definition) is 2. The van der Waals surface area contributed by atoms with Crippen molar-refractivity contribution in [3.63, 3.8) is 0 Å². The van der Waals surface area contributed by atoms with Crippen LogP contribution < -0.4 is 5.32 Å². The molecule has 0 bridgehead atoms. The van der Waals surface area contributed by atoms with Crippen LogP contribution >= 0.6 is 0 Å². The molecular formula is C12H12F3NO2. The van der Waals surface area contributed by atoms with E-state index in [0.29, 0.717) is 11.6 Å². The number of carbonyl (C=O) groups excluding carboxylic acids is 1. The molecule has 0 heterocycles. The van der Waals surface area contributed by atoms with Gasteiger partial charge in [-0.1, -0.05) is 30.3 Å². The first-order valence-electron chi connectivity index (χ1n) is 5.14. The zero-order valence-electron chi connectivity index (χ0n) is 9.32. The first-order valence-corrected chi connectivity index (χ1v) is 5.14. The third-order valence-electron chi connectivity index (χ3n) is 2.12. The molecule has 0 aliphatic heterocycles. The molecule has 0 radical (unpaired) electrons. The maximum atomic E-state index is 11.8. The van der Waals surface area contributed by atoms with Crippen LogP contribution in [-0.2, 0) is 4.79 Å². The smallest absolute Gasteiger partial charge is 0.394 e. The molecule has 1 atom stereocenters. The highest BCUT2D eigenvalue weighted by atomic mass is 19.4. The van der Waals surface area contributed by atoms with Crippen molar-refractivity contribution in [1.29, 1.82) is 0 Å². The summed E-state index contributed by atoms with van der Waals surface area (Å²) in [6.07, 6.45) is -4.29. The van der Waals surface area contributed by atoms with Crippen molar-refractivity contribution in [2.45, 2.75) is 12.2 Å². The normalized spacial score (nSPS) is 13.6. The Balaban J connectivity index is 2.65. The van der Waals surface area contributed by atoms with Crippen molar-refractivity contribution < 1.29 is 23.1 Å². The van der Waals surface area contributed by atoms with Gasteiger partial charge in [0.05, 0.1) is 12.6 Å². The van der Waals surface area contributed by atoms with E-state index in [1.54, 1.807) is 30.3 Å². The van der Waals surface area contributed by atoms with Gasteiger partial charge in [-0.3, -0.25) is 4.79 Å². The summed E-state index contributed by atoms with van der Waals surface area (Å²) in [4.78, 5) is 11.2. The SMILES string of the molecule is O=C(C=CC(F)(F)F)N[C@@H](CO)c1ccccc1. The number of carbonyl (C=O) groups is 1. The van der Waals surface area contributed by atoms with E-state index in [1.807, 2.05) is 0 Å². The second kappa shape index (κ2) is 6.20. The molecule has 0 aliphatic carbocycles. The van der Waals surface area contributed by atoms with Crippen LogP contribution in [0.25, 0.3) is 0 Å². The molecule has 3 nitrogen and oxygen atoms in total. The van der Waals surface area contributed by atoms with Crippen molar-refractivity contribution in [2.24, 2.45) is 0 Å². The van der Waals surface area contributed by atoms with Gasteiger partial charge in [-0.15, -0.1) is 0 Å². The van der Waals surface area contributed by atoms with Gasteiger partial charge in [-0.25, -0.2) is 0 Å². The minimum atomic E-state index is -4.53. The Labute approximate surface area is 102 Å². The maximum Gasteiger partial charge on any atom is 0.409 e. The van der Waals surface area contributed by atoms with Crippen molar-refractivity contribution in [3.05, 3.63) is 48.0 Å². The van der Waals surface area contributed by atoms with Crippen molar-refractivity contribution in [2.75, 3.05) is 6.61 Å². The molecule has 6 heteroatoms. The standard InChI is InChI=1S/C12H12F3NO2/c13-12(14,15)7-6-11(18)16-10(8-17)9-4-2-1-3-5-9/h1-7,10,17H,8H2,(H,16,18)/t10-/m0/s1. The van der Waals surface area contributed by atoms with Crippen LogP contribution in [0.2, 0.25) is 0 Å². The average Bonchev–Trinajstić information content (AvgIpc) is 2.33. The summed E-state index contributed by atoms with van der Waals surface area (Å²) in [5.41, 5.74) is 0.619. The zero-order chi connectivity index (χ0) is 13.6. The Kier molecular flexibility index (Phi) is 4.91. The number of aliphatic hydroxyl groups excluding tert-OH is 1. The molecular weight excluding hydrogens is 247 g/mol. The Morgan fingerprint density at radius 3 is 2.44 bits per heavy atom. The average molecular weight is 259 g/mol. The van der Waals surface area contributed by atoms with Crippen LogP contribution in [0.1, 0.15) is 11.6 Å². The third kappa shape index (κ3) is 5.01. The lowest BCUT2D eigenvalue weighted by molar-refractivity contribution is -0.118. The number of alkyl halides is 3. The second-order valence-electron chi connectivity index (χ2n) is 3.53. The lowest BCUT2D eigenvalue weighted by Crippen LogP contribution is -2.29. The highest BCUT2D eigenvalue weighted by molar-refractivity contribution is 5.87. The molecule has 1 aromatic carbocycles. The summed E-state index contributed by atoms with van der Waals surface area (Å²) >= 11 is 0. The van der Waals surface area contributed by atoms with Gasteiger partial charge in [0.1, 0.15) is 0 Å². The summed E-state index contributed by atoms with van der Waals surface area (Å²) in [5.74, 6) is -0.907. The summed E-state index contributed by atoms with van der Waals surface area (Å²) in [7, 11) is 0. The minimum Gasteiger partial charge on any atom is -0.394 e. The quantitative estimate of drug-likeness (QED) is 0.812. The van der Waals surface area contributed by atoms with E-state index in [2.05, 4.69) is 5.32 Å². The predicted molar refractivity (Wildman–Crippen MR) is 59.6 cm³/mol. The maximum absolute atomic E-state index is 11.8. The number of allylic oxidation sites excluding steroid dienone is 1. The summed E-state index contributed by atoms with van der Waals surface area (Å²) in [5, 5.41) is 11.4. The molecule has 0 saturated carbocycles. The summed E-state index contributed by atoms with van der Waals surface area (Å²) < 4.78 is 35.5. The third-order valence-corrected chi connectivity index (χ3v) is 2.12. The molecule has 1 rings (SSSR count). The number of benzene rings is 1. The van der Waals surface area contributed by atoms with Gasteiger partial charge in [0, 0.05) is 12.2 Å². The number of halogens is 3. The number of amides is 1. The molecule has 18 heavy (non-hydrogen) atoms. The predicted octanol–water partition coefficient (Wildman–Crippen LogP) is 1.95. The fraction of sp³-hybridized carbons (Fsp3) is 0.250. The summed E-state index contributed by atoms with van der Waals surface area (Å²) in [6.45, 7) is -0.393. The molecule has 2 N–H and O–H groups in total. The largest absolute Gasteiger partial charge is 0.409 e. The molecule has 98 valence electrons. The zero-order valence-corrected chi connectivity index (χ0v) is 9.32. The fourth-order valence-electron chi connectivity index (χ4n) is 1.31. The van der Waals surface area contributed by atoms with Gasteiger partial charge in [0.15, 0.2) is 0 Å². The molecule has 0 unspecified atom stereocenters. The van der Waals surface area contributed by atoms with Crippen molar-refractivity contribution >= 4 is 5.91 Å². The second-order valence-corrected chi connectivity index (χ2v) is 3.53. The van der Waals surface area contributed by atoms with Crippen LogP contribution in [0.15, 0.2) is 42.5 Å². The number of rotatable bonds is 4. The van der Waals surface area contributed by atoms with E-state index in [4.69, 9.17) is 5.11 Å². The van der Waals surface area contributed by atoms with Crippen LogP contribution in [0, 0.1) is 0 Å². The number of hydrogen-bond acceptors (Lipinski definition) is 2. The van der Waals surface area contributed by atoms with E-state index in [9.17, 15) is 18.0 Å². The lowest BCUT2D eigenvalue weighted by Gasteiger charge is -2.15. The Morgan fingerprint density at radius 1 is 1.33 bits per heavy atom. The highest BCUT2D eigenvalue weighted by Crippen LogP contribution is 2.16. The topological polar surface area (TPSA) is 49.3 Å². The minimum absolute atomic E-state index is 0.151. The molecule has 1 amide bonds. The molecule has 0 saturated heterocycles. The van der Waals surface area contributed by atoms with E-state index >= 15 is 0 Å². The first-order chi connectivity index (χ1) is 8.42. The van der Waals surface area contributed by atoms with Crippen LogP contribution in [0.5, 0.6) is 0 Å². The number of aliphatic hydroxyl groups is 1. The Bertz CT molecular complexity index is 415. The van der Waals surface area contributed by atoms with Crippen molar-refractivity contribution in [1.82, 2.24) is 5.32 Å². The van der Waals surface area contributed by atoms with Gasteiger partial charge in [0.25, 0.3) is 0 Å². The van der Waals surface area contributed by atoms with E-state index in [1.165, 1.54) is 0 Å². The summed E-state index contributed by atoms with van der Waals surface area (Å²) in [6, 6.07) is 7.76. The van der Waals surface area contributed by atoms with Gasteiger partial charge in [-0.2, -0.15) is 13.2 Å². The van der Waals surface area contributed by atoms with E-state index in [0.717, 1.165) is 0 Å². The van der Waals surface area contributed by atoms with Crippen LogP contribution in [-0.4, -0.2) is 23.8 Å². The molecule has 0 fully saturated rings. The van der Waals surface area contributed by atoms with Gasteiger partial charge >= 0.3 is 6.18 Å². The van der Waals surface area contributed by atoms with Gasteiger partial charge in [-0.05, 0) is 5.56 Å². The number of nitrogens with one attached hydrogen (secondary N) is 1. The Hall–Kier alpha value is -1.82. The molecule has 0 spiro atoms. The highest BCUT2D eigenvalue weighted by Gasteiger charge is 2.23. The van der Waals surface area contributed by atoms with Gasteiger partial charge < -0.3 is 10.4 Å².